The van der Waals surface area contributed by atoms with Gasteiger partial charge in [0.2, 0.25) is 0 Å². The summed E-state index contributed by atoms with van der Waals surface area (Å²) in [7, 11) is 1.38. The van der Waals surface area contributed by atoms with Crippen molar-refractivity contribution >= 4 is 5.97 Å². The lowest BCUT2D eigenvalue weighted by Gasteiger charge is -2.25. The highest BCUT2D eigenvalue weighted by atomic mass is 16.5. The summed E-state index contributed by atoms with van der Waals surface area (Å²) < 4.78 is 4.51. The van der Waals surface area contributed by atoms with Gasteiger partial charge in [-0.1, -0.05) is 6.42 Å². The van der Waals surface area contributed by atoms with Gasteiger partial charge in [-0.3, -0.25) is 4.79 Å². The second-order valence-corrected chi connectivity index (χ2v) is 3.89. The van der Waals surface area contributed by atoms with Crippen molar-refractivity contribution in [3.8, 4) is 0 Å². The van der Waals surface area contributed by atoms with E-state index in [9.17, 15) is 9.90 Å². The molecule has 4 heteroatoms. The molecular formula is C10H19NO3. The fraction of sp³-hybridized carbons (Fsp3) is 0.900. The highest BCUT2D eigenvalue weighted by molar-refractivity contribution is 5.71. The van der Waals surface area contributed by atoms with Gasteiger partial charge in [0.25, 0.3) is 0 Å². The third kappa shape index (κ3) is 4.07. The summed E-state index contributed by atoms with van der Waals surface area (Å²) in [6, 6.07) is 0. The van der Waals surface area contributed by atoms with Crippen molar-refractivity contribution in [2.24, 2.45) is 5.92 Å². The fourth-order valence-electron chi connectivity index (χ4n) is 1.90. The molecule has 1 saturated carbocycles. The lowest BCUT2D eigenvalue weighted by atomic mass is 9.87. The van der Waals surface area contributed by atoms with Crippen LogP contribution in [0, 0.1) is 5.92 Å². The van der Waals surface area contributed by atoms with Crippen LogP contribution in [0.3, 0.4) is 0 Å². The van der Waals surface area contributed by atoms with Crippen LogP contribution in [-0.4, -0.2) is 37.4 Å². The molecular weight excluding hydrogens is 182 g/mol. The van der Waals surface area contributed by atoms with E-state index in [1.54, 1.807) is 0 Å². The third-order valence-corrected chi connectivity index (χ3v) is 2.69. The summed E-state index contributed by atoms with van der Waals surface area (Å²) in [5.74, 6) is 0.268. The van der Waals surface area contributed by atoms with Crippen molar-refractivity contribution in [3.05, 3.63) is 0 Å². The molecule has 2 atom stereocenters. The second-order valence-electron chi connectivity index (χ2n) is 3.89. The molecule has 0 aromatic carbocycles. The minimum Gasteiger partial charge on any atom is -0.468 e. The highest BCUT2D eigenvalue weighted by Gasteiger charge is 2.19. The van der Waals surface area contributed by atoms with E-state index in [0.717, 1.165) is 32.2 Å². The molecule has 82 valence electrons. The topological polar surface area (TPSA) is 58.6 Å². The van der Waals surface area contributed by atoms with E-state index in [0.29, 0.717) is 5.92 Å². The monoisotopic (exact) mass is 201 g/mol. The van der Waals surface area contributed by atoms with Crippen LogP contribution < -0.4 is 5.32 Å². The van der Waals surface area contributed by atoms with E-state index in [1.807, 2.05) is 0 Å². The van der Waals surface area contributed by atoms with Crippen LogP contribution in [0.1, 0.15) is 25.7 Å². The van der Waals surface area contributed by atoms with Crippen LogP contribution in [0.5, 0.6) is 0 Å². The van der Waals surface area contributed by atoms with E-state index in [1.165, 1.54) is 7.11 Å². The van der Waals surface area contributed by atoms with Crippen LogP contribution in [-0.2, 0) is 9.53 Å². The van der Waals surface area contributed by atoms with Crippen molar-refractivity contribution < 1.29 is 14.6 Å². The number of carbonyl (C=O) groups is 1. The van der Waals surface area contributed by atoms with E-state index in [4.69, 9.17) is 0 Å². The van der Waals surface area contributed by atoms with Crippen LogP contribution in [0.15, 0.2) is 0 Å². The summed E-state index contributed by atoms with van der Waals surface area (Å²) in [5.41, 5.74) is 0. The van der Waals surface area contributed by atoms with Gasteiger partial charge in [-0.2, -0.15) is 0 Å². The largest absolute Gasteiger partial charge is 0.468 e. The molecule has 0 spiro atoms. The second kappa shape index (κ2) is 5.98. The number of ether oxygens (including phenoxy) is 1. The maximum atomic E-state index is 10.8. The standard InChI is InChI=1S/C10H19NO3/c1-14-10(13)7-11-6-8-3-2-4-9(12)5-8/h8-9,11-12H,2-7H2,1H3. The Morgan fingerprint density at radius 1 is 1.57 bits per heavy atom. The number of hydrogen-bond donors (Lipinski definition) is 2. The van der Waals surface area contributed by atoms with Gasteiger partial charge >= 0.3 is 5.97 Å². The molecule has 1 aliphatic rings. The highest BCUT2D eigenvalue weighted by Crippen LogP contribution is 2.23. The predicted octanol–water partition coefficient (Wildman–Crippen LogP) is 0.300. The van der Waals surface area contributed by atoms with Gasteiger partial charge in [0.1, 0.15) is 0 Å². The summed E-state index contributed by atoms with van der Waals surface area (Å²) in [6.07, 6.45) is 3.87. The van der Waals surface area contributed by atoms with Crippen LogP contribution in [0.2, 0.25) is 0 Å². The molecule has 1 fully saturated rings. The zero-order chi connectivity index (χ0) is 10.4. The Morgan fingerprint density at radius 3 is 3.00 bits per heavy atom. The van der Waals surface area contributed by atoms with Gasteiger partial charge < -0.3 is 15.2 Å². The molecule has 0 aliphatic heterocycles. The number of hydrogen-bond acceptors (Lipinski definition) is 4. The number of aliphatic hydroxyl groups excluding tert-OH is 1. The SMILES string of the molecule is COC(=O)CNCC1CCCC(O)C1. The fourth-order valence-corrected chi connectivity index (χ4v) is 1.90. The zero-order valence-corrected chi connectivity index (χ0v) is 8.66. The first kappa shape index (κ1) is 11.5. The zero-order valence-electron chi connectivity index (χ0n) is 8.66. The van der Waals surface area contributed by atoms with Gasteiger partial charge in [0.05, 0.1) is 19.8 Å². The molecule has 1 rings (SSSR count). The van der Waals surface area contributed by atoms with Crippen molar-refractivity contribution in [2.75, 3.05) is 20.2 Å². The third-order valence-electron chi connectivity index (χ3n) is 2.69. The quantitative estimate of drug-likeness (QED) is 0.642. The van der Waals surface area contributed by atoms with Crippen LogP contribution in [0.25, 0.3) is 0 Å². The maximum absolute atomic E-state index is 10.8. The number of rotatable bonds is 4. The number of aliphatic hydroxyl groups is 1. The van der Waals surface area contributed by atoms with E-state index in [-0.39, 0.29) is 18.6 Å². The van der Waals surface area contributed by atoms with E-state index < -0.39 is 0 Å². The predicted molar refractivity (Wildman–Crippen MR) is 52.9 cm³/mol. The van der Waals surface area contributed by atoms with Crippen LogP contribution in [0.4, 0.5) is 0 Å². The molecule has 0 heterocycles. The van der Waals surface area contributed by atoms with Crippen LogP contribution >= 0.6 is 0 Å². The molecule has 0 aromatic rings. The Kier molecular flexibility index (Phi) is 4.90. The van der Waals surface area contributed by atoms with Gasteiger partial charge in [0, 0.05) is 0 Å². The summed E-state index contributed by atoms with van der Waals surface area (Å²) in [6.45, 7) is 1.06. The lowest BCUT2D eigenvalue weighted by Crippen LogP contribution is -2.32. The minimum absolute atomic E-state index is 0.145. The van der Waals surface area contributed by atoms with Gasteiger partial charge in [-0.15, -0.1) is 0 Å². The first-order valence-electron chi connectivity index (χ1n) is 5.18. The molecule has 0 aromatic heterocycles. The molecule has 0 radical (unpaired) electrons. The van der Waals surface area contributed by atoms with E-state index >= 15 is 0 Å². The number of carbonyl (C=O) groups excluding carboxylic acids is 1. The molecule has 0 saturated heterocycles. The Balaban J connectivity index is 2.08. The number of nitrogens with one attached hydrogen (secondary N) is 1. The Labute approximate surface area is 84.6 Å². The summed E-state index contributed by atoms with van der Waals surface area (Å²) >= 11 is 0. The molecule has 0 amide bonds. The van der Waals surface area contributed by atoms with Crippen molar-refractivity contribution in [1.82, 2.24) is 5.32 Å². The lowest BCUT2D eigenvalue weighted by molar-refractivity contribution is -0.139. The Morgan fingerprint density at radius 2 is 2.36 bits per heavy atom. The summed E-state index contributed by atoms with van der Waals surface area (Å²) in [4.78, 5) is 10.8. The smallest absolute Gasteiger partial charge is 0.319 e. The average molecular weight is 201 g/mol. The van der Waals surface area contributed by atoms with Gasteiger partial charge in [-0.05, 0) is 31.7 Å². The molecule has 4 nitrogen and oxygen atoms in total. The van der Waals surface area contributed by atoms with Crippen molar-refractivity contribution in [3.63, 3.8) is 0 Å². The first-order chi connectivity index (χ1) is 6.72. The Bertz CT molecular complexity index is 184. The molecule has 2 unspecified atom stereocenters. The molecule has 14 heavy (non-hydrogen) atoms. The minimum atomic E-state index is -0.235. The maximum Gasteiger partial charge on any atom is 0.319 e. The Hall–Kier alpha value is -0.610. The molecule has 0 bridgehead atoms. The normalized spacial score (nSPS) is 27.3. The molecule has 2 N–H and O–H groups in total. The van der Waals surface area contributed by atoms with Crippen molar-refractivity contribution in [1.29, 1.82) is 0 Å². The van der Waals surface area contributed by atoms with Gasteiger partial charge in [-0.25, -0.2) is 0 Å². The summed E-state index contributed by atoms with van der Waals surface area (Å²) in [5, 5.41) is 12.5. The van der Waals surface area contributed by atoms with E-state index in [2.05, 4.69) is 10.1 Å². The number of methoxy groups -OCH3 is 1. The van der Waals surface area contributed by atoms with Gasteiger partial charge in [0.15, 0.2) is 0 Å². The molecule has 1 aliphatic carbocycles. The number of esters is 1. The average Bonchev–Trinajstić information content (AvgIpc) is 2.17. The first-order valence-corrected chi connectivity index (χ1v) is 5.18. The van der Waals surface area contributed by atoms with Crippen molar-refractivity contribution in [2.45, 2.75) is 31.8 Å².